The van der Waals surface area contributed by atoms with Crippen molar-refractivity contribution in [1.29, 1.82) is 0 Å². The van der Waals surface area contributed by atoms with Gasteiger partial charge < -0.3 is 64.3 Å². The van der Waals surface area contributed by atoms with E-state index in [2.05, 4.69) is 41.9 Å². The quantitative estimate of drug-likeness (QED) is 0.0381. The van der Waals surface area contributed by atoms with E-state index in [0.717, 1.165) is 0 Å². The summed E-state index contributed by atoms with van der Waals surface area (Å²) in [6.07, 6.45) is 1.20. The van der Waals surface area contributed by atoms with E-state index < -0.39 is 107 Å². The second-order valence-corrected chi connectivity index (χ2v) is 19.0. The topological polar surface area (TPSA) is 390 Å². The molecule has 24 heteroatoms. The molecule has 7 atom stereocenters. The molecule has 0 bridgehead atoms. The number of H-pyrrole nitrogens is 1. The summed E-state index contributed by atoms with van der Waals surface area (Å²) >= 11 is 0.664. The number of carboxylic acid groups (broad SMARTS) is 1. The summed E-state index contributed by atoms with van der Waals surface area (Å²) in [5.74, 6) is -8.43. The molecular weight excluding hydrogens is 955 g/mol. The van der Waals surface area contributed by atoms with Crippen LogP contribution in [0.5, 0.6) is 5.75 Å². The fourth-order valence-corrected chi connectivity index (χ4v) is 8.00. The Labute approximate surface area is 421 Å². The number of benzene rings is 2. The first-order valence-corrected chi connectivity index (χ1v) is 24.3. The molecule has 0 aliphatic heterocycles. The van der Waals surface area contributed by atoms with Crippen LogP contribution in [0.25, 0.3) is 0 Å². The third kappa shape index (κ3) is 21.3. The largest absolute Gasteiger partial charge is 0.508 e. The molecule has 2 aromatic carbocycles. The molecule has 1 heterocycles. The zero-order chi connectivity index (χ0) is 53.5. The van der Waals surface area contributed by atoms with E-state index in [-0.39, 0.29) is 75.2 Å². The van der Waals surface area contributed by atoms with Gasteiger partial charge in [-0.05, 0) is 60.8 Å². The van der Waals surface area contributed by atoms with Crippen LogP contribution in [0.4, 0.5) is 0 Å². The van der Waals surface area contributed by atoms with Crippen LogP contribution in [-0.2, 0) is 67.2 Å². The third-order valence-corrected chi connectivity index (χ3v) is 12.0. The van der Waals surface area contributed by atoms with E-state index in [4.69, 9.17) is 22.3 Å². The molecule has 392 valence electrons. The number of carboxylic acids is 1. The van der Waals surface area contributed by atoms with Crippen LogP contribution < -0.4 is 49.1 Å². The van der Waals surface area contributed by atoms with Crippen molar-refractivity contribution in [3.05, 3.63) is 83.9 Å². The average Bonchev–Trinajstić information content (AvgIpc) is 3.83. The van der Waals surface area contributed by atoms with Crippen LogP contribution in [0.2, 0.25) is 0 Å². The normalized spacial score (nSPS) is 14.0. The maximum atomic E-state index is 14.3. The first-order chi connectivity index (χ1) is 34.0. The number of aromatic amines is 1. The number of amides is 8. The second kappa shape index (κ2) is 29.8. The lowest BCUT2D eigenvalue weighted by molar-refractivity contribution is -0.136. The molecule has 23 nitrogen and oxygen atoms in total. The van der Waals surface area contributed by atoms with E-state index in [1.165, 1.54) is 24.7 Å². The van der Waals surface area contributed by atoms with E-state index >= 15 is 0 Å². The first kappa shape index (κ1) is 59.0. The van der Waals surface area contributed by atoms with Crippen molar-refractivity contribution in [1.82, 2.24) is 41.9 Å². The van der Waals surface area contributed by atoms with Gasteiger partial charge in [-0.25, -0.2) is 4.98 Å². The van der Waals surface area contributed by atoms with Gasteiger partial charge in [-0.15, -0.1) is 0 Å². The van der Waals surface area contributed by atoms with E-state index in [1.807, 2.05) is 0 Å². The van der Waals surface area contributed by atoms with E-state index in [9.17, 15) is 53.1 Å². The van der Waals surface area contributed by atoms with Gasteiger partial charge in [0.15, 0.2) is 0 Å². The van der Waals surface area contributed by atoms with Crippen LogP contribution in [0.3, 0.4) is 0 Å². The van der Waals surface area contributed by atoms with E-state index in [1.54, 1.807) is 70.2 Å². The molecule has 0 spiro atoms. The molecule has 72 heavy (non-hydrogen) atoms. The first-order valence-electron chi connectivity index (χ1n) is 23.3. The maximum absolute atomic E-state index is 14.3. The fourth-order valence-electron chi connectivity index (χ4n) is 7.14. The predicted octanol–water partition coefficient (Wildman–Crippen LogP) is -0.653. The minimum absolute atomic E-state index is 0.00900. The van der Waals surface area contributed by atoms with Crippen LogP contribution >= 0.6 is 11.8 Å². The molecule has 0 unspecified atom stereocenters. The number of aromatic nitrogens is 2. The molecule has 15 N–H and O–H groups in total. The Kier molecular flexibility index (Phi) is 24.4. The van der Waals surface area contributed by atoms with Gasteiger partial charge in [0.2, 0.25) is 52.4 Å². The lowest BCUT2D eigenvalue weighted by Gasteiger charge is -2.29. The highest BCUT2D eigenvalue weighted by molar-refractivity contribution is 8.13. The highest BCUT2D eigenvalue weighted by Crippen LogP contribution is 2.16. The van der Waals surface area contributed by atoms with Crippen molar-refractivity contribution in [2.24, 2.45) is 29.0 Å². The number of nitrogens with two attached hydrogens (primary N) is 3. The molecule has 0 radical (unpaired) electrons. The van der Waals surface area contributed by atoms with Crippen LogP contribution in [0.1, 0.15) is 83.0 Å². The number of phenols is 1. The highest BCUT2D eigenvalue weighted by Gasteiger charge is 2.35. The van der Waals surface area contributed by atoms with E-state index in [0.29, 0.717) is 28.6 Å². The Morgan fingerprint density at radius 2 is 1.12 bits per heavy atom. The van der Waals surface area contributed by atoms with Crippen molar-refractivity contribution in [2.45, 2.75) is 128 Å². The number of phenolic OH excluding ortho intramolecular Hbond substituents is 1. The number of thioether (sulfide) groups is 1. The smallest absolute Gasteiger partial charge is 0.304 e. The van der Waals surface area contributed by atoms with Crippen LogP contribution in [0, 0.1) is 11.8 Å². The Hall–Kier alpha value is -7.34. The van der Waals surface area contributed by atoms with Crippen molar-refractivity contribution < 1.29 is 58.2 Å². The molecule has 1 aromatic heterocycles. The van der Waals surface area contributed by atoms with Crippen molar-refractivity contribution in [3.63, 3.8) is 0 Å². The lowest BCUT2D eigenvalue weighted by Crippen LogP contribution is -2.61. The predicted molar refractivity (Wildman–Crippen MR) is 265 cm³/mol. The third-order valence-electron chi connectivity index (χ3n) is 11.0. The number of aromatic hydroxyl groups is 1. The molecule has 0 aliphatic rings. The monoisotopic (exact) mass is 1020 g/mol. The Balaban J connectivity index is 1.88. The SMILES string of the molecule is CC(C)C[C@H](NC(=O)[C@H](Cc1ccccc1)NC(=O)[C@@H](NC(=O)[C@H](Cc1cnc[nH]1)NC(=O)[C@H](CCC(N)=O)NC(=O)[C@@H](N)Cc1ccc(O)cc1)C(C)C)C(=O)N[C@@H](CCC(N)=O)C(=O)SCCC(=O)O. The zero-order valence-corrected chi connectivity index (χ0v) is 41.5. The van der Waals surface area contributed by atoms with Crippen molar-refractivity contribution in [3.8, 4) is 5.75 Å². The molecule has 0 aliphatic carbocycles. The summed E-state index contributed by atoms with van der Waals surface area (Å²) in [7, 11) is 0. The lowest BCUT2D eigenvalue weighted by atomic mass is 9.99. The summed E-state index contributed by atoms with van der Waals surface area (Å²) in [4.78, 5) is 139. The summed E-state index contributed by atoms with van der Waals surface area (Å²) in [6, 6.07) is 5.43. The number of nitrogens with one attached hydrogen (secondary N) is 7. The van der Waals surface area contributed by atoms with Gasteiger partial charge in [0.1, 0.15) is 36.0 Å². The molecule has 3 aromatic rings. The van der Waals surface area contributed by atoms with Crippen molar-refractivity contribution in [2.75, 3.05) is 5.75 Å². The Morgan fingerprint density at radius 1 is 0.611 bits per heavy atom. The van der Waals surface area contributed by atoms with Gasteiger partial charge in [-0.2, -0.15) is 0 Å². The Bertz CT molecular complexity index is 2320. The maximum Gasteiger partial charge on any atom is 0.304 e. The zero-order valence-electron chi connectivity index (χ0n) is 40.7. The van der Waals surface area contributed by atoms with Crippen LogP contribution in [-0.4, -0.2) is 127 Å². The second-order valence-electron chi connectivity index (χ2n) is 17.9. The van der Waals surface area contributed by atoms with Gasteiger partial charge in [0.05, 0.1) is 24.8 Å². The number of hydrogen-bond acceptors (Lipinski definition) is 14. The standard InChI is InChI=1S/C48H67N11O12S/c1-26(2)20-35(44(67)55-34(15-17-39(51)62)48(71)72-19-18-40(63)64)56-45(68)36(22-28-8-6-5-7-9-28)58-47(70)41(27(3)4)59-46(69)37(23-30-24-52-25-53-30)57-43(66)33(14-16-38(50)61)54-42(65)32(49)21-29-10-12-31(60)13-11-29/h5-13,24-27,32-37,41,60H,14-23,49H2,1-4H3,(H2,50,61)(H2,51,62)(H,52,53)(H,54,65)(H,55,67)(H,56,68)(H,57,66)(H,58,70)(H,59,69)(H,63,64)/t32-,33-,34-,35-,36-,37-,41-/m0/s1. The number of carbonyl (C=O) groups excluding carboxylic acids is 9. The van der Waals surface area contributed by atoms with Gasteiger partial charge in [-0.1, -0.05) is 81.9 Å². The Morgan fingerprint density at radius 3 is 1.69 bits per heavy atom. The summed E-state index contributed by atoms with van der Waals surface area (Å²) in [6.45, 7) is 6.85. The number of rotatable bonds is 31. The minimum atomic E-state index is -1.42. The fraction of sp³-hybridized carbons (Fsp3) is 0.479. The molecular formula is C48H67N11O12S. The highest BCUT2D eigenvalue weighted by atomic mass is 32.2. The molecule has 3 rings (SSSR count). The van der Waals surface area contributed by atoms with Gasteiger partial charge in [0.25, 0.3) is 0 Å². The van der Waals surface area contributed by atoms with Crippen molar-refractivity contribution >= 4 is 70.1 Å². The number of primary amides is 2. The molecule has 0 saturated carbocycles. The molecule has 0 fully saturated rings. The van der Waals surface area contributed by atoms with Gasteiger partial charge >= 0.3 is 5.97 Å². The number of carbonyl (C=O) groups is 10. The van der Waals surface area contributed by atoms with Gasteiger partial charge in [-0.3, -0.25) is 47.9 Å². The minimum Gasteiger partial charge on any atom is -0.508 e. The number of imidazole rings is 1. The number of aliphatic carboxylic acids is 1. The molecule has 0 saturated heterocycles. The summed E-state index contributed by atoms with van der Waals surface area (Å²) in [5.41, 5.74) is 18.5. The molecule has 8 amide bonds. The van der Waals surface area contributed by atoms with Crippen LogP contribution in [0.15, 0.2) is 67.1 Å². The average molecular weight is 1020 g/mol. The summed E-state index contributed by atoms with van der Waals surface area (Å²) in [5, 5.41) is 33.9. The number of hydrogen-bond donors (Lipinski definition) is 12. The number of nitrogens with zero attached hydrogens (tertiary/aromatic N) is 1. The van der Waals surface area contributed by atoms with Gasteiger partial charge in [0, 0.05) is 43.3 Å². The summed E-state index contributed by atoms with van der Waals surface area (Å²) < 4.78 is 0.